The lowest BCUT2D eigenvalue weighted by atomic mass is 10.2. The number of amides is 1. The van der Waals surface area contributed by atoms with Crippen molar-refractivity contribution in [1.82, 2.24) is 15.2 Å². The van der Waals surface area contributed by atoms with E-state index < -0.39 is 10.8 Å². The van der Waals surface area contributed by atoms with Crippen molar-refractivity contribution in [2.24, 2.45) is 0 Å². The number of likely N-dealkylation sites (N-methyl/N-ethyl adjacent to an activating group) is 1. The van der Waals surface area contributed by atoms with Gasteiger partial charge in [0, 0.05) is 66.4 Å². The molecule has 2 heterocycles. The lowest BCUT2D eigenvalue weighted by Gasteiger charge is -2.33. The van der Waals surface area contributed by atoms with E-state index in [0.717, 1.165) is 37.6 Å². The van der Waals surface area contributed by atoms with Crippen LogP contribution in [0.5, 0.6) is 0 Å². The van der Waals surface area contributed by atoms with E-state index in [0.29, 0.717) is 17.0 Å². The molecule has 1 saturated heterocycles. The number of nitrogens with zero attached hydrogens (tertiary/aromatic N) is 3. The van der Waals surface area contributed by atoms with Crippen molar-refractivity contribution >= 4 is 22.5 Å². The van der Waals surface area contributed by atoms with Crippen LogP contribution in [0.15, 0.2) is 47.5 Å². The third-order valence-corrected chi connectivity index (χ3v) is 5.47. The van der Waals surface area contributed by atoms with Gasteiger partial charge in [0.25, 0.3) is 5.91 Å². The van der Waals surface area contributed by atoms with Crippen molar-refractivity contribution in [2.45, 2.75) is 11.4 Å². The Labute approximate surface area is 156 Å². The van der Waals surface area contributed by atoms with Crippen LogP contribution in [0.1, 0.15) is 15.9 Å². The van der Waals surface area contributed by atoms with E-state index in [4.69, 9.17) is 0 Å². The zero-order chi connectivity index (χ0) is 18.5. The first-order chi connectivity index (χ1) is 12.5. The van der Waals surface area contributed by atoms with Gasteiger partial charge in [0.2, 0.25) is 0 Å². The Morgan fingerprint density at radius 2 is 1.81 bits per heavy atom. The second kappa shape index (κ2) is 8.42. The molecule has 26 heavy (non-hydrogen) atoms. The molecule has 1 unspecified atom stereocenters. The first-order valence-electron chi connectivity index (χ1n) is 8.63. The lowest BCUT2D eigenvalue weighted by molar-refractivity contribution is 0.0951. The summed E-state index contributed by atoms with van der Waals surface area (Å²) >= 11 is 0. The monoisotopic (exact) mass is 372 g/mol. The highest BCUT2D eigenvalue weighted by Crippen LogP contribution is 2.14. The van der Waals surface area contributed by atoms with Crippen LogP contribution in [0.4, 0.5) is 5.82 Å². The van der Waals surface area contributed by atoms with Gasteiger partial charge in [-0.2, -0.15) is 0 Å². The second-order valence-electron chi connectivity index (χ2n) is 6.48. The number of piperazine rings is 1. The summed E-state index contributed by atoms with van der Waals surface area (Å²) in [5.74, 6) is 0.831. The molecular formula is C19H24N4O2S. The van der Waals surface area contributed by atoms with E-state index in [9.17, 15) is 9.00 Å². The van der Waals surface area contributed by atoms with Gasteiger partial charge in [-0.15, -0.1) is 0 Å². The molecule has 138 valence electrons. The van der Waals surface area contributed by atoms with Gasteiger partial charge in [0.1, 0.15) is 5.82 Å². The molecule has 2 aromatic rings. The van der Waals surface area contributed by atoms with Crippen LogP contribution in [0.3, 0.4) is 0 Å². The predicted molar refractivity (Wildman–Crippen MR) is 104 cm³/mol. The summed E-state index contributed by atoms with van der Waals surface area (Å²) in [5, 5.41) is 2.89. The molecule has 3 rings (SSSR count). The highest BCUT2D eigenvalue weighted by molar-refractivity contribution is 7.84. The number of pyridine rings is 1. The predicted octanol–water partition coefficient (Wildman–Crippen LogP) is 1.50. The molecule has 1 aliphatic heterocycles. The van der Waals surface area contributed by atoms with E-state index in [-0.39, 0.29) is 5.91 Å². The number of hydrogen-bond donors (Lipinski definition) is 1. The third-order valence-electron chi connectivity index (χ3n) is 4.54. The molecule has 0 aliphatic carbocycles. The summed E-state index contributed by atoms with van der Waals surface area (Å²) in [6.07, 6.45) is 3.44. The molecule has 1 aliphatic rings. The van der Waals surface area contributed by atoms with Gasteiger partial charge in [-0.1, -0.05) is 6.07 Å². The van der Waals surface area contributed by atoms with Gasteiger partial charge in [-0.3, -0.25) is 9.00 Å². The Morgan fingerprint density at radius 3 is 2.38 bits per heavy atom. The average molecular weight is 372 g/mol. The van der Waals surface area contributed by atoms with E-state index in [1.165, 1.54) is 0 Å². The van der Waals surface area contributed by atoms with Crippen molar-refractivity contribution in [3.8, 4) is 0 Å². The van der Waals surface area contributed by atoms with E-state index >= 15 is 0 Å². The van der Waals surface area contributed by atoms with Gasteiger partial charge in [0.05, 0.1) is 0 Å². The number of aromatic nitrogens is 1. The van der Waals surface area contributed by atoms with E-state index in [1.54, 1.807) is 30.5 Å². The first-order valence-corrected chi connectivity index (χ1v) is 10.2. The normalized spacial score (nSPS) is 16.3. The van der Waals surface area contributed by atoms with Gasteiger partial charge >= 0.3 is 0 Å². The standard InChI is InChI=1S/C19H24N4O2S/c1-22-9-11-23(12-10-22)18-8-3-15(13-20-18)14-21-19(24)16-4-6-17(7-5-16)26(2)25/h3-8,13H,9-12,14H2,1-2H3,(H,21,24). The van der Waals surface area contributed by atoms with Gasteiger partial charge in [0.15, 0.2) is 0 Å². The summed E-state index contributed by atoms with van der Waals surface area (Å²) in [6.45, 7) is 4.49. The molecule has 1 aromatic heterocycles. The summed E-state index contributed by atoms with van der Waals surface area (Å²) in [7, 11) is 1.09. The Hall–Kier alpha value is -2.25. The Morgan fingerprint density at radius 1 is 1.12 bits per heavy atom. The maximum atomic E-state index is 12.2. The fraction of sp³-hybridized carbons (Fsp3) is 0.368. The SMILES string of the molecule is CN1CCN(c2ccc(CNC(=O)c3ccc(S(C)=O)cc3)cn2)CC1. The zero-order valence-corrected chi connectivity index (χ0v) is 16.0. The molecule has 1 atom stereocenters. The van der Waals surface area contributed by atoms with Gasteiger partial charge < -0.3 is 15.1 Å². The molecule has 1 amide bonds. The minimum absolute atomic E-state index is 0.151. The number of benzene rings is 1. The van der Waals surface area contributed by atoms with Crippen LogP contribution in [0.2, 0.25) is 0 Å². The van der Waals surface area contributed by atoms with Crippen molar-refractivity contribution in [3.05, 3.63) is 53.7 Å². The topological polar surface area (TPSA) is 65.5 Å². The molecule has 0 spiro atoms. The molecule has 0 radical (unpaired) electrons. The largest absolute Gasteiger partial charge is 0.354 e. The molecule has 0 bridgehead atoms. The van der Waals surface area contributed by atoms with E-state index in [1.807, 2.05) is 18.3 Å². The molecule has 1 aromatic carbocycles. The molecule has 7 heteroatoms. The third kappa shape index (κ3) is 4.68. The summed E-state index contributed by atoms with van der Waals surface area (Å²) in [4.78, 5) is 22.1. The highest BCUT2D eigenvalue weighted by Gasteiger charge is 2.15. The molecule has 1 fully saturated rings. The van der Waals surface area contributed by atoms with Crippen molar-refractivity contribution in [1.29, 1.82) is 0 Å². The van der Waals surface area contributed by atoms with Crippen molar-refractivity contribution in [3.63, 3.8) is 0 Å². The molecule has 6 nitrogen and oxygen atoms in total. The van der Waals surface area contributed by atoms with Crippen LogP contribution in [-0.4, -0.2) is 59.5 Å². The number of carbonyl (C=O) groups is 1. The van der Waals surface area contributed by atoms with Crippen LogP contribution in [-0.2, 0) is 17.3 Å². The number of carbonyl (C=O) groups excluding carboxylic acids is 1. The Kier molecular flexibility index (Phi) is 6.00. The van der Waals surface area contributed by atoms with Gasteiger partial charge in [-0.25, -0.2) is 4.98 Å². The second-order valence-corrected chi connectivity index (χ2v) is 7.86. The highest BCUT2D eigenvalue weighted by atomic mass is 32.2. The maximum Gasteiger partial charge on any atom is 0.251 e. The number of nitrogens with one attached hydrogen (secondary N) is 1. The number of anilines is 1. The molecule has 1 N–H and O–H groups in total. The van der Waals surface area contributed by atoms with E-state index in [2.05, 4.69) is 27.1 Å². The first kappa shape index (κ1) is 18.5. The number of rotatable bonds is 5. The van der Waals surface area contributed by atoms with Gasteiger partial charge in [-0.05, 0) is 42.9 Å². The Bertz CT molecular complexity index is 769. The molecule has 0 saturated carbocycles. The smallest absolute Gasteiger partial charge is 0.251 e. The quantitative estimate of drug-likeness (QED) is 0.862. The van der Waals surface area contributed by atoms with Crippen molar-refractivity contribution < 1.29 is 9.00 Å². The Balaban J connectivity index is 1.54. The van der Waals surface area contributed by atoms with Crippen LogP contribution < -0.4 is 10.2 Å². The maximum absolute atomic E-state index is 12.2. The fourth-order valence-electron chi connectivity index (χ4n) is 2.83. The number of hydrogen-bond acceptors (Lipinski definition) is 5. The summed E-state index contributed by atoms with van der Waals surface area (Å²) in [5.41, 5.74) is 1.52. The van der Waals surface area contributed by atoms with Crippen LogP contribution >= 0.6 is 0 Å². The fourth-order valence-corrected chi connectivity index (χ4v) is 3.35. The van der Waals surface area contributed by atoms with Crippen molar-refractivity contribution in [2.75, 3.05) is 44.4 Å². The minimum Gasteiger partial charge on any atom is -0.354 e. The minimum atomic E-state index is -1.04. The van der Waals surface area contributed by atoms with Crippen LogP contribution in [0, 0.1) is 0 Å². The molecular weight excluding hydrogens is 348 g/mol. The van der Waals surface area contributed by atoms with Crippen LogP contribution in [0.25, 0.3) is 0 Å². The summed E-state index contributed by atoms with van der Waals surface area (Å²) in [6, 6.07) is 10.8. The summed E-state index contributed by atoms with van der Waals surface area (Å²) < 4.78 is 11.4. The average Bonchev–Trinajstić information content (AvgIpc) is 2.67. The lowest BCUT2D eigenvalue weighted by Crippen LogP contribution is -2.44. The zero-order valence-electron chi connectivity index (χ0n) is 15.1.